The van der Waals surface area contributed by atoms with Gasteiger partial charge in [-0.05, 0) is 29.9 Å². The van der Waals surface area contributed by atoms with Crippen LogP contribution in [0.4, 0.5) is 0 Å². The molecule has 2 rings (SSSR count). The van der Waals surface area contributed by atoms with Crippen molar-refractivity contribution in [1.29, 1.82) is 0 Å². The highest BCUT2D eigenvalue weighted by molar-refractivity contribution is 14.1. The number of rotatable bonds is 7. The first-order chi connectivity index (χ1) is 8.83. The first kappa shape index (κ1) is 13.8. The molecule has 98 valence electrons. The molecule has 0 unspecified atom stereocenters. The van der Waals surface area contributed by atoms with Crippen molar-refractivity contribution in [3.8, 4) is 0 Å². The number of benzene rings is 1. The van der Waals surface area contributed by atoms with E-state index in [4.69, 9.17) is 0 Å². The molecule has 1 heterocycles. The van der Waals surface area contributed by atoms with Crippen LogP contribution in [-0.2, 0) is 13.6 Å². The van der Waals surface area contributed by atoms with Gasteiger partial charge in [0.2, 0.25) is 0 Å². The normalized spacial score (nSPS) is 11.2. The number of nitrogens with zero attached hydrogens (tertiary/aromatic N) is 2. The van der Waals surface area contributed by atoms with E-state index in [2.05, 4.69) is 57.3 Å². The Morgan fingerprint density at radius 2 is 2.06 bits per heavy atom. The topological polar surface area (TPSA) is 29.9 Å². The molecule has 2 aromatic rings. The van der Waals surface area contributed by atoms with Crippen molar-refractivity contribution in [3.63, 3.8) is 0 Å². The summed E-state index contributed by atoms with van der Waals surface area (Å²) in [5.74, 6) is 0. The molecule has 1 N–H and O–H groups in total. The monoisotopic (exact) mass is 357 g/mol. The van der Waals surface area contributed by atoms with Gasteiger partial charge in [0.15, 0.2) is 0 Å². The third kappa shape index (κ3) is 3.45. The lowest BCUT2D eigenvalue weighted by Gasteiger charge is -2.02. The van der Waals surface area contributed by atoms with Gasteiger partial charge in [-0.3, -0.25) is 4.68 Å². The highest BCUT2D eigenvalue weighted by atomic mass is 127. The maximum absolute atomic E-state index is 4.58. The van der Waals surface area contributed by atoms with Crippen molar-refractivity contribution in [2.24, 2.45) is 7.05 Å². The van der Waals surface area contributed by atoms with Crippen LogP contribution in [0.2, 0.25) is 0 Å². The summed E-state index contributed by atoms with van der Waals surface area (Å²) >= 11 is 2.44. The van der Waals surface area contributed by atoms with Crippen molar-refractivity contribution in [2.75, 3.05) is 11.0 Å². The number of aryl methyl sites for hydroxylation is 1. The second kappa shape index (κ2) is 7.09. The minimum absolute atomic E-state index is 0.867. The Labute approximate surface area is 122 Å². The van der Waals surface area contributed by atoms with Crippen molar-refractivity contribution in [1.82, 2.24) is 15.1 Å². The average molecular weight is 357 g/mol. The summed E-state index contributed by atoms with van der Waals surface area (Å²) in [6, 6.07) is 8.40. The van der Waals surface area contributed by atoms with Gasteiger partial charge < -0.3 is 5.32 Å². The molecule has 0 radical (unpaired) electrons. The Bertz CT molecular complexity index is 493. The molecule has 0 aliphatic heterocycles. The zero-order valence-corrected chi connectivity index (χ0v) is 13.0. The van der Waals surface area contributed by atoms with Crippen LogP contribution in [0, 0.1) is 0 Å². The maximum atomic E-state index is 4.58. The summed E-state index contributed by atoms with van der Waals surface area (Å²) in [5, 5.41) is 9.33. The molecule has 3 nitrogen and oxygen atoms in total. The molecule has 0 saturated heterocycles. The molecule has 0 aliphatic carbocycles. The zero-order chi connectivity index (χ0) is 12.8. The molecular weight excluding hydrogens is 337 g/mol. The molecule has 0 aliphatic rings. The van der Waals surface area contributed by atoms with Gasteiger partial charge in [0.1, 0.15) is 0 Å². The molecule has 1 aromatic heterocycles. The Morgan fingerprint density at radius 3 is 2.89 bits per heavy atom. The molecule has 18 heavy (non-hydrogen) atoms. The number of halogens is 1. The van der Waals surface area contributed by atoms with Gasteiger partial charge in [-0.1, -0.05) is 47.2 Å². The van der Waals surface area contributed by atoms with Crippen LogP contribution in [0.15, 0.2) is 24.3 Å². The molecule has 4 heteroatoms. The second-order valence-electron chi connectivity index (χ2n) is 4.51. The fourth-order valence-electron chi connectivity index (χ4n) is 2.15. The van der Waals surface area contributed by atoms with Crippen molar-refractivity contribution >= 4 is 33.5 Å². The van der Waals surface area contributed by atoms with Gasteiger partial charge in [-0.25, -0.2) is 0 Å². The standard InChI is InChI=1S/C14H20IN3/c1-18-14-8-4-3-7-12(14)13(17-18)11-16-10-6-2-5-9-15/h3-4,7-8,16H,2,5-6,9-11H2,1H3. The van der Waals surface area contributed by atoms with E-state index in [1.165, 1.54) is 34.6 Å². The van der Waals surface area contributed by atoms with Crippen molar-refractivity contribution in [3.05, 3.63) is 30.0 Å². The van der Waals surface area contributed by atoms with Crippen LogP contribution >= 0.6 is 22.6 Å². The van der Waals surface area contributed by atoms with Gasteiger partial charge in [0.05, 0.1) is 11.2 Å². The van der Waals surface area contributed by atoms with Crippen LogP contribution in [0.3, 0.4) is 0 Å². The van der Waals surface area contributed by atoms with E-state index in [9.17, 15) is 0 Å². The molecular formula is C14H20IN3. The van der Waals surface area contributed by atoms with E-state index < -0.39 is 0 Å². The summed E-state index contributed by atoms with van der Waals surface area (Å²) in [7, 11) is 2.01. The Balaban J connectivity index is 1.88. The highest BCUT2D eigenvalue weighted by Gasteiger charge is 2.06. The van der Waals surface area contributed by atoms with E-state index in [1.807, 2.05) is 11.7 Å². The van der Waals surface area contributed by atoms with Gasteiger partial charge in [-0.15, -0.1) is 0 Å². The van der Waals surface area contributed by atoms with Gasteiger partial charge in [0.25, 0.3) is 0 Å². The lowest BCUT2D eigenvalue weighted by molar-refractivity contribution is 0.608. The Morgan fingerprint density at radius 1 is 1.22 bits per heavy atom. The minimum Gasteiger partial charge on any atom is -0.311 e. The Hall–Kier alpha value is -0.620. The zero-order valence-electron chi connectivity index (χ0n) is 10.8. The Kier molecular flexibility index (Phi) is 5.44. The van der Waals surface area contributed by atoms with Crippen molar-refractivity contribution < 1.29 is 0 Å². The quantitative estimate of drug-likeness (QED) is 0.468. The predicted molar refractivity (Wildman–Crippen MR) is 85.2 cm³/mol. The summed E-state index contributed by atoms with van der Waals surface area (Å²) in [6.07, 6.45) is 3.90. The maximum Gasteiger partial charge on any atom is 0.0841 e. The first-order valence-corrected chi connectivity index (χ1v) is 8.03. The molecule has 0 spiro atoms. The number of alkyl halides is 1. The van der Waals surface area contributed by atoms with Gasteiger partial charge in [0, 0.05) is 19.0 Å². The number of nitrogens with one attached hydrogen (secondary N) is 1. The summed E-state index contributed by atoms with van der Waals surface area (Å²) in [5.41, 5.74) is 2.36. The lowest BCUT2D eigenvalue weighted by Crippen LogP contribution is -2.15. The van der Waals surface area contributed by atoms with Crippen LogP contribution < -0.4 is 5.32 Å². The SMILES string of the molecule is Cn1nc(CNCCCCCI)c2ccccc21. The molecule has 1 aromatic carbocycles. The fourth-order valence-corrected chi connectivity index (χ4v) is 2.69. The smallest absolute Gasteiger partial charge is 0.0841 e. The summed E-state index contributed by atoms with van der Waals surface area (Å²) in [4.78, 5) is 0. The van der Waals surface area contributed by atoms with Crippen molar-refractivity contribution in [2.45, 2.75) is 25.8 Å². The van der Waals surface area contributed by atoms with Crippen LogP contribution in [0.25, 0.3) is 10.9 Å². The minimum atomic E-state index is 0.867. The van der Waals surface area contributed by atoms with E-state index in [1.54, 1.807) is 0 Å². The molecule has 0 bridgehead atoms. The van der Waals surface area contributed by atoms with E-state index in [0.29, 0.717) is 0 Å². The number of unbranched alkanes of at least 4 members (excludes halogenated alkanes) is 2. The fraction of sp³-hybridized carbons (Fsp3) is 0.500. The summed E-state index contributed by atoms with van der Waals surface area (Å²) < 4.78 is 3.23. The number of para-hydroxylation sites is 1. The van der Waals surface area contributed by atoms with E-state index in [-0.39, 0.29) is 0 Å². The third-order valence-electron chi connectivity index (χ3n) is 3.11. The lowest BCUT2D eigenvalue weighted by atomic mass is 10.2. The molecule has 0 atom stereocenters. The molecule has 0 fully saturated rings. The number of hydrogen-bond donors (Lipinski definition) is 1. The molecule has 0 saturated carbocycles. The first-order valence-electron chi connectivity index (χ1n) is 6.50. The highest BCUT2D eigenvalue weighted by Crippen LogP contribution is 2.16. The largest absolute Gasteiger partial charge is 0.311 e. The van der Waals surface area contributed by atoms with Crippen LogP contribution in [-0.4, -0.2) is 20.8 Å². The third-order valence-corrected chi connectivity index (χ3v) is 3.88. The number of hydrogen-bond acceptors (Lipinski definition) is 2. The average Bonchev–Trinajstić information content (AvgIpc) is 2.71. The van der Waals surface area contributed by atoms with Crippen LogP contribution in [0.1, 0.15) is 25.0 Å². The van der Waals surface area contributed by atoms with Gasteiger partial charge in [-0.2, -0.15) is 5.10 Å². The van der Waals surface area contributed by atoms with E-state index >= 15 is 0 Å². The van der Waals surface area contributed by atoms with Crippen LogP contribution in [0.5, 0.6) is 0 Å². The molecule has 0 amide bonds. The predicted octanol–water partition coefficient (Wildman–Crippen LogP) is 3.27. The number of aromatic nitrogens is 2. The second-order valence-corrected chi connectivity index (χ2v) is 5.59. The number of fused-ring (bicyclic) bond motifs is 1. The van der Waals surface area contributed by atoms with E-state index in [0.717, 1.165) is 18.8 Å². The summed E-state index contributed by atoms with van der Waals surface area (Å²) in [6.45, 7) is 1.95. The van der Waals surface area contributed by atoms with Gasteiger partial charge >= 0.3 is 0 Å².